The summed E-state index contributed by atoms with van der Waals surface area (Å²) in [4.78, 5) is 16.3. The molecule has 0 saturated heterocycles. The number of thiocarbonyl (C=S) groups is 1. The summed E-state index contributed by atoms with van der Waals surface area (Å²) in [6.07, 6.45) is 2.31. The Kier molecular flexibility index (Phi) is 6.41. The van der Waals surface area contributed by atoms with Crippen molar-refractivity contribution in [1.82, 2.24) is 10.3 Å². The Hall–Kier alpha value is -2.73. The molecule has 2 aromatic carbocycles. The molecular formula is C22H25N3O2S. The highest BCUT2D eigenvalue weighted by atomic mass is 32.1. The molecule has 0 fully saturated rings. The molecular weight excluding hydrogens is 370 g/mol. The van der Waals surface area contributed by atoms with Crippen molar-refractivity contribution in [3.63, 3.8) is 0 Å². The third-order valence-corrected chi connectivity index (χ3v) is 4.89. The minimum atomic E-state index is -0.0905. The van der Waals surface area contributed by atoms with Crippen molar-refractivity contribution < 1.29 is 9.21 Å². The van der Waals surface area contributed by atoms with E-state index in [0.717, 1.165) is 35.2 Å². The van der Waals surface area contributed by atoms with Crippen LogP contribution in [0.3, 0.4) is 0 Å². The Labute approximate surface area is 170 Å². The maximum absolute atomic E-state index is 11.7. The second kappa shape index (κ2) is 8.97. The van der Waals surface area contributed by atoms with Crippen LogP contribution < -0.4 is 10.6 Å². The summed E-state index contributed by atoms with van der Waals surface area (Å²) < 4.78 is 5.94. The molecule has 28 heavy (non-hydrogen) atoms. The first-order chi connectivity index (χ1) is 13.5. The molecule has 6 heteroatoms. The Morgan fingerprint density at radius 3 is 2.79 bits per heavy atom. The largest absolute Gasteiger partial charge is 0.436 e. The van der Waals surface area contributed by atoms with E-state index in [0.29, 0.717) is 18.2 Å². The lowest BCUT2D eigenvalue weighted by Crippen LogP contribution is -2.33. The number of carbonyl (C=O) groups excluding carboxylic acids is 1. The van der Waals surface area contributed by atoms with E-state index >= 15 is 0 Å². The van der Waals surface area contributed by atoms with Crippen LogP contribution in [0.2, 0.25) is 0 Å². The van der Waals surface area contributed by atoms with Gasteiger partial charge in [0.2, 0.25) is 11.8 Å². The third kappa shape index (κ3) is 4.75. The molecule has 5 nitrogen and oxygen atoms in total. The number of nitrogens with one attached hydrogen (secondary N) is 2. The van der Waals surface area contributed by atoms with Gasteiger partial charge in [-0.1, -0.05) is 32.9 Å². The molecule has 1 aromatic heterocycles. The molecule has 0 bridgehead atoms. The van der Waals surface area contributed by atoms with Crippen LogP contribution >= 0.6 is 12.2 Å². The molecule has 3 aromatic rings. The summed E-state index contributed by atoms with van der Waals surface area (Å²) in [6.45, 7) is 6.34. The molecule has 0 spiro atoms. The fourth-order valence-corrected chi connectivity index (χ4v) is 3.15. The Morgan fingerprint density at radius 1 is 1.21 bits per heavy atom. The summed E-state index contributed by atoms with van der Waals surface area (Å²) in [6, 6.07) is 13.8. The molecule has 0 radical (unpaired) electrons. The van der Waals surface area contributed by atoms with Crippen LogP contribution in [-0.2, 0) is 4.79 Å². The number of hydrogen-bond donors (Lipinski definition) is 2. The van der Waals surface area contributed by atoms with E-state index in [1.165, 1.54) is 5.56 Å². The Morgan fingerprint density at radius 2 is 2.04 bits per heavy atom. The first-order valence-corrected chi connectivity index (χ1v) is 10.0. The second-order valence-corrected chi connectivity index (χ2v) is 7.30. The molecule has 0 aliphatic carbocycles. The number of oxazole rings is 1. The summed E-state index contributed by atoms with van der Waals surface area (Å²) in [5.74, 6) is 0.953. The first-order valence-electron chi connectivity index (χ1n) is 9.62. The van der Waals surface area contributed by atoms with E-state index in [1.54, 1.807) is 0 Å². The molecule has 0 saturated carbocycles. The van der Waals surface area contributed by atoms with Crippen LogP contribution in [0.4, 0.5) is 5.69 Å². The van der Waals surface area contributed by atoms with Crippen LogP contribution in [-0.4, -0.2) is 16.0 Å². The zero-order chi connectivity index (χ0) is 20.1. The van der Waals surface area contributed by atoms with Crippen LogP contribution in [0, 0.1) is 0 Å². The Balaban J connectivity index is 1.79. The fraction of sp³-hybridized carbons (Fsp3) is 0.318. The van der Waals surface area contributed by atoms with Crippen molar-refractivity contribution in [2.24, 2.45) is 0 Å². The molecule has 0 aliphatic rings. The van der Waals surface area contributed by atoms with Crippen molar-refractivity contribution in [1.29, 1.82) is 0 Å². The monoisotopic (exact) mass is 395 g/mol. The highest BCUT2D eigenvalue weighted by molar-refractivity contribution is 7.80. The van der Waals surface area contributed by atoms with Crippen LogP contribution in [0.1, 0.15) is 51.5 Å². The number of fused-ring (bicyclic) bond motifs is 1. The molecule has 3 rings (SSSR count). The third-order valence-electron chi connectivity index (χ3n) is 4.69. The highest BCUT2D eigenvalue weighted by Crippen LogP contribution is 2.29. The summed E-state index contributed by atoms with van der Waals surface area (Å²) in [5, 5.41) is 6.00. The SMILES string of the molecule is CCCC(=O)NC(=S)Nc1cccc(-c2nc3cc([C@H](C)CC)ccc3o2)c1. The van der Waals surface area contributed by atoms with Crippen LogP contribution in [0.5, 0.6) is 0 Å². The maximum atomic E-state index is 11.7. The lowest BCUT2D eigenvalue weighted by Gasteiger charge is -2.09. The van der Waals surface area contributed by atoms with Gasteiger partial charge in [-0.05, 0) is 66.9 Å². The minimum Gasteiger partial charge on any atom is -0.436 e. The number of amides is 1. The lowest BCUT2D eigenvalue weighted by atomic mass is 9.98. The zero-order valence-electron chi connectivity index (χ0n) is 16.4. The molecule has 1 heterocycles. The van der Waals surface area contributed by atoms with Gasteiger partial charge in [0.25, 0.3) is 0 Å². The summed E-state index contributed by atoms with van der Waals surface area (Å²) in [5.41, 5.74) is 4.49. The van der Waals surface area contributed by atoms with Crippen molar-refractivity contribution in [2.75, 3.05) is 5.32 Å². The van der Waals surface area contributed by atoms with E-state index in [2.05, 4.69) is 41.6 Å². The molecule has 0 aliphatic heterocycles. The van der Waals surface area contributed by atoms with Crippen LogP contribution in [0.25, 0.3) is 22.6 Å². The van der Waals surface area contributed by atoms with E-state index in [4.69, 9.17) is 16.6 Å². The quantitative estimate of drug-likeness (QED) is 0.530. The molecule has 0 unspecified atom stereocenters. The van der Waals surface area contributed by atoms with E-state index in [-0.39, 0.29) is 11.0 Å². The van der Waals surface area contributed by atoms with Crippen molar-refractivity contribution in [2.45, 2.75) is 46.0 Å². The van der Waals surface area contributed by atoms with Gasteiger partial charge in [-0.3, -0.25) is 4.79 Å². The summed E-state index contributed by atoms with van der Waals surface area (Å²) >= 11 is 5.21. The fourth-order valence-electron chi connectivity index (χ4n) is 2.92. The number of nitrogens with zero attached hydrogens (tertiary/aromatic N) is 1. The van der Waals surface area contributed by atoms with Gasteiger partial charge in [0.1, 0.15) is 5.52 Å². The molecule has 1 atom stereocenters. The normalized spacial score (nSPS) is 12.0. The van der Waals surface area contributed by atoms with Crippen molar-refractivity contribution in [3.8, 4) is 11.5 Å². The van der Waals surface area contributed by atoms with E-state index < -0.39 is 0 Å². The second-order valence-electron chi connectivity index (χ2n) is 6.89. The number of aromatic nitrogens is 1. The van der Waals surface area contributed by atoms with Gasteiger partial charge < -0.3 is 15.1 Å². The van der Waals surface area contributed by atoms with Crippen molar-refractivity contribution >= 4 is 40.0 Å². The number of rotatable bonds is 6. The van der Waals surface area contributed by atoms with Gasteiger partial charge in [-0.2, -0.15) is 0 Å². The summed E-state index contributed by atoms with van der Waals surface area (Å²) in [7, 11) is 0. The van der Waals surface area contributed by atoms with Gasteiger partial charge in [-0.15, -0.1) is 0 Å². The lowest BCUT2D eigenvalue weighted by molar-refractivity contribution is -0.119. The smallest absolute Gasteiger partial charge is 0.227 e. The maximum Gasteiger partial charge on any atom is 0.227 e. The number of benzene rings is 2. The average Bonchev–Trinajstić information content (AvgIpc) is 3.11. The standard InChI is InChI=1S/C22H25N3O2S/c1-4-7-20(26)25-22(28)23-17-9-6-8-16(12-17)21-24-18-13-15(14(3)5-2)10-11-19(18)27-21/h6,8-14H,4-5,7H2,1-3H3,(H2,23,25,26,28)/t14-/m1/s1. The minimum absolute atomic E-state index is 0.0905. The van der Waals surface area contributed by atoms with Gasteiger partial charge in [0.05, 0.1) is 0 Å². The number of hydrogen-bond acceptors (Lipinski definition) is 4. The average molecular weight is 396 g/mol. The van der Waals surface area contributed by atoms with E-state index in [1.807, 2.05) is 37.3 Å². The van der Waals surface area contributed by atoms with Gasteiger partial charge in [-0.25, -0.2) is 4.98 Å². The predicted molar refractivity (Wildman–Crippen MR) is 117 cm³/mol. The van der Waals surface area contributed by atoms with Crippen molar-refractivity contribution in [3.05, 3.63) is 48.0 Å². The molecule has 146 valence electrons. The number of anilines is 1. The van der Waals surface area contributed by atoms with Gasteiger partial charge in [0, 0.05) is 17.7 Å². The van der Waals surface area contributed by atoms with Gasteiger partial charge in [0.15, 0.2) is 10.7 Å². The topological polar surface area (TPSA) is 67.2 Å². The van der Waals surface area contributed by atoms with Crippen LogP contribution in [0.15, 0.2) is 46.9 Å². The van der Waals surface area contributed by atoms with E-state index in [9.17, 15) is 4.79 Å². The highest BCUT2D eigenvalue weighted by Gasteiger charge is 2.12. The zero-order valence-corrected chi connectivity index (χ0v) is 17.2. The molecule has 1 amide bonds. The van der Waals surface area contributed by atoms with Gasteiger partial charge >= 0.3 is 0 Å². The Bertz CT molecular complexity index is 996. The molecule has 2 N–H and O–H groups in total. The number of carbonyl (C=O) groups is 1. The predicted octanol–water partition coefficient (Wildman–Crippen LogP) is 5.62. The first kappa shape index (κ1) is 20.0.